The predicted molar refractivity (Wildman–Crippen MR) is 90.8 cm³/mol. The van der Waals surface area contributed by atoms with Crippen LogP contribution in [0.15, 0.2) is 29.2 Å². The first-order valence-electron chi connectivity index (χ1n) is 8.04. The first-order chi connectivity index (χ1) is 11.9. The maximum absolute atomic E-state index is 10.5. The Balaban J connectivity index is 0.000000197. The Morgan fingerprint density at radius 3 is 2.12 bits per heavy atom. The van der Waals surface area contributed by atoms with Crippen LogP contribution in [0, 0.1) is 6.92 Å². The van der Waals surface area contributed by atoms with Gasteiger partial charge in [0.2, 0.25) is 0 Å². The number of hydrogen-bond acceptors (Lipinski definition) is 8. The Bertz CT molecular complexity index is 705. The van der Waals surface area contributed by atoms with Gasteiger partial charge in [0.25, 0.3) is 10.1 Å². The number of rotatable bonds is 2. The van der Waals surface area contributed by atoms with Crippen molar-refractivity contribution in [2.24, 2.45) is 5.73 Å². The van der Waals surface area contributed by atoms with E-state index in [2.05, 4.69) is 0 Å². The molecule has 0 bridgehead atoms. The molecule has 26 heavy (non-hydrogen) atoms. The Kier molecular flexibility index (Phi) is 6.41. The van der Waals surface area contributed by atoms with E-state index >= 15 is 0 Å². The van der Waals surface area contributed by atoms with E-state index in [9.17, 15) is 18.6 Å². The van der Waals surface area contributed by atoms with Gasteiger partial charge in [0.15, 0.2) is 5.79 Å². The molecule has 3 rings (SSSR count). The standard InChI is InChI=1S/C9H17NO5.C7H8O3S/c1-9(2)13-3-4(15-9)7-5(11)6(12)8(10)14-7;1-6-2-4-7(5-3-6)11(8,9)10/h4-8,11-12H,3,10H2,1-2H3;2-5H,1H3,(H,8,9,10). The highest BCUT2D eigenvalue weighted by atomic mass is 32.2. The largest absolute Gasteiger partial charge is 0.387 e. The molecule has 2 fully saturated rings. The third kappa shape index (κ3) is 5.21. The monoisotopic (exact) mass is 391 g/mol. The van der Waals surface area contributed by atoms with E-state index in [4.69, 9.17) is 24.5 Å². The zero-order chi connectivity index (χ0) is 19.7. The van der Waals surface area contributed by atoms with Crippen molar-refractivity contribution in [2.45, 2.75) is 62.1 Å². The summed E-state index contributed by atoms with van der Waals surface area (Å²) < 4.78 is 45.7. The Morgan fingerprint density at radius 2 is 1.73 bits per heavy atom. The number of nitrogens with two attached hydrogens (primary N) is 1. The van der Waals surface area contributed by atoms with Crippen LogP contribution in [0.25, 0.3) is 0 Å². The summed E-state index contributed by atoms with van der Waals surface area (Å²) in [6, 6.07) is 5.99. The minimum Gasteiger partial charge on any atom is -0.387 e. The van der Waals surface area contributed by atoms with Crippen molar-refractivity contribution in [3.05, 3.63) is 29.8 Å². The molecule has 1 aromatic carbocycles. The number of hydrogen-bond donors (Lipinski definition) is 4. The Hall–Kier alpha value is -1.11. The lowest BCUT2D eigenvalue weighted by Crippen LogP contribution is -2.41. The molecule has 2 aliphatic rings. The molecule has 9 nitrogen and oxygen atoms in total. The fourth-order valence-corrected chi connectivity index (χ4v) is 3.11. The third-order valence-electron chi connectivity index (χ3n) is 4.05. The molecule has 0 aliphatic carbocycles. The summed E-state index contributed by atoms with van der Waals surface area (Å²) in [6.07, 6.45) is -3.97. The summed E-state index contributed by atoms with van der Waals surface area (Å²) in [5.41, 5.74) is 6.42. The molecule has 0 saturated carbocycles. The minimum atomic E-state index is -4.02. The van der Waals surface area contributed by atoms with Crippen molar-refractivity contribution in [1.82, 2.24) is 0 Å². The normalized spacial score (nSPS) is 33.6. The SMILES string of the molecule is CC1(C)OCC(C2OC(N)C(O)C2O)O1.Cc1ccc(S(=O)(=O)O)cc1. The molecule has 0 spiro atoms. The Morgan fingerprint density at radius 1 is 1.15 bits per heavy atom. The van der Waals surface area contributed by atoms with Gasteiger partial charge < -0.3 is 30.2 Å². The van der Waals surface area contributed by atoms with E-state index < -0.39 is 46.5 Å². The highest BCUT2D eigenvalue weighted by Crippen LogP contribution is 2.30. The summed E-state index contributed by atoms with van der Waals surface area (Å²) >= 11 is 0. The van der Waals surface area contributed by atoms with Crippen LogP contribution >= 0.6 is 0 Å². The van der Waals surface area contributed by atoms with E-state index in [1.807, 2.05) is 6.92 Å². The molecule has 0 aromatic heterocycles. The van der Waals surface area contributed by atoms with Crippen molar-refractivity contribution in [3.63, 3.8) is 0 Å². The second kappa shape index (κ2) is 7.87. The highest BCUT2D eigenvalue weighted by Gasteiger charge is 2.49. The van der Waals surface area contributed by atoms with Gasteiger partial charge in [0.1, 0.15) is 30.6 Å². The molecule has 5 atom stereocenters. The molecule has 2 aliphatic heterocycles. The number of aliphatic hydroxyl groups is 2. The van der Waals surface area contributed by atoms with Crippen LogP contribution in [0.4, 0.5) is 0 Å². The first kappa shape index (κ1) is 21.2. The van der Waals surface area contributed by atoms with Crippen LogP contribution in [-0.4, -0.2) is 66.2 Å². The van der Waals surface area contributed by atoms with Crippen molar-refractivity contribution >= 4 is 10.1 Å². The lowest BCUT2D eigenvalue weighted by atomic mass is 10.1. The number of aryl methyl sites for hydroxylation is 1. The molecule has 2 saturated heterocycles. The summed E-state index contributed by atoms with van der Waals surface area (Å²) in [6.45, 7) is 5.73. The summed E-state index contributed by atoms with van der Waals surface area (Å²) in [5.74, 6) is -0.675. The van der Waals surface area contributed by atoms with Gasteiger partial charge in [-0.3, -0.25) is 4.55 Å². The van der Waals surface area contributed by atoms with E-state index in [1.165, 1.54) is 12.1 Å². The zero-order valence-corrected chi connectivity index (χ0v) is 15.6. The van der Waals surface area contributed by atoms with Gasteiger partial charge in [-0.15, -0.1) is 0 Å². The average Bonchev–Trinajstić information content (AvgIpc) is 3.02. The molecular weight excluding hydrogens is 366 g/mol. The molecule has 0 amide bonds. The van der Waals surface area contributed by atoms with Gasteiger partial charge in [-0.2, -0.15) is 8.42 Å². The fraction of sp³-hybridized carbons (Fsp3) is 0.625. The second-order valence-electron chi connectivity index (χ2n) is 6.70. The predicted octanol–water partition coefficient (Wildman–Crippen LogP) is -0.215. The molecule has 5 unspecified atom stereocenters. The molecule has 1 aromatic rings. The lowest BCUT2D eigenvalue weighted by molar-refractivity contribution is -0.161. The number of aliphatic hydroxyl groups excluding tert-OH is 2. The van der Waals surface area contributed by atoms with Crippen LogP contribution in [0.1, 0.15) is 19.4 Å². The summed E-state index contributed by atoms with van der Waals surface area (Å²) in [4.78, 5) is -0.0666. The lowest BCUT2D eigenvalue weighted by Gasteiger charge is -2.22. The average molecular weight is 391 g/mol. The van der Waals surface area contributed by atoms with E-state index in [0.717, 1.165) is 5.56 Å². The maximum Gasteiger partial charge on any atom is 0.294 e. The smallest absolute Gasteiger partial charge is 0.294 e. The number of ether oxygens (including phenoxy) is 3. The van der Waals surface area contributed by atoms with Gasteiger partial charge in [0.05, 0.1) is 11.5 Å². The minimum absolute atomic E-state index is 0.0666. The third-order valence-corrected chi connectivity index (χ3v) is 4.92. The molecule has 148 valence electrons. The molecule has 5 N–H and O–H groups in total. The number of benzene rings is 1. The van der Waals surface area contributed by atoms with Crippen molar-refractivity contribution < 1.29 is 37.4 Å². The first-order valence-corrected chi connectivity index (χ1v) is 9.48. The fourth-order valence-electron chi connectivity index (χ4n) is 2.63. The van der Waals surface area contributed by atoms with Crippen molar-refractivity contribution in [3.8, 4) is 0 Å². The summed E-state index contributed by atoms with van der Waals surface area (Å²) in [7, 11) is -4.02. The van der Waals surface area contributed by atoms with Crippen LogP contribution in [-0.2, 0) is 24.3 Å². The van der Waals surface area contributed by atoms with Gasteiger partial charge in [-0.25, -0.2) is 0 Å². The van der Waals surface area contributed by atoms with Crippen LogP contribution in [0.5, 0.6) is 0 Å². The zero-order valence-electron chi connectivity index (χ0n) is 14.8. The second-order valence-corrected chi connectivity index (χ2v) is 8.12. The summed E-state index contributed by atoms with van der Waals surface area (Å²) in [5, 5.41) is 19.1. The van der Waals surface area contributed by atoms with Crippen molar-refractivity contribution in [1.29, 1.82) is 0 Å². The van der Waals surface area contributed by atoms with Crippen molar-refractivity contribution in [2.75, 3.05) is 6.61 Å². The van der Waals surface area contributed by atoms with E-state index in [-0.39, 0.29) is 4.90 Å². The van der Waals surface area contributed by atoms with Gasteiger partial charge in [0, 0.05) is 0 Å². The van der Waals surface area contributed by atoms with Crippen LogP contribution in [0.2, 0.25) is 0 Å². The highest BCUT2D eigenvalue weighted by molar-refractivity contribution is 7.85. The van der Waals surface area contributed by atoms with Crippen LogP contribution < -0.4 is 5.73 Å². The quantitative estimate of drug-likeness (QED) is 0.502. The van der Waals surface area contributed by atoms with Gasteiger partial charge >= 0.3 is 0 Å². The molecule has 0 radical (unpaired) electrons. The van der Waals surface area contributed by atoms with E-state index in [1.54, 1.807) is 26.0 Å². The van der Waals surface area contributed by atoms with E-state index in [0.29, 0.717) is 6.61 Å². The Labute approximate surface area is 152 Å². The van der Waals surface area contributed by atoms with Crippen LogP contribution in [0.3, 0.4) is 0 Å². The molecular formula is C16H25NO8S. The van der Waals surface area contributed by atoms with Gasteiger partial charge in [-0.05, 0) is 32.9 Å². The molecule has 2 heterocycles. The molecule has 10 heteroatoms. The maximum atomic E-state index is 10.5. The topological polar surface area (TPSA) is 149 Å². The van der Waals surface area contributed by atoms with Gasteiger partial charge in [-0.1, -0.05) is 17.7 Å².